The summed E-state index contributed by atoms with van der Waals surface area (Å²) in [6, 6.07) is 0. The van der Waals surface area contributed by atoms with E-state index in [1.807, 2.05) is 0 Å². The molecule has 0 aliphatic heterocycles. The van der Waals surface area contributed by atoms with Crippen molar-refractivity contribution in [2.24, 2.45) is 17.8 Å². The van der Waals surface area contributed by atoms with Gasteiger partial charge in [0.25, 0.3) is 0 Å². The van der Waals surface area contributed by atoms with E-state index in [1.165, 1.54) is 212 Å². The molecule has 3 N–H and O–H groups in total. The van der Waals surface area contributed by atoms with Crippen LogP contribution in [0.25, 0.3) is 0 Å². The van der Waals surface area contributed by atoms with Crippen molar-refractivity contribution >= 4 is 39.5 Å². The number of esters is 4. The second-order valence-corrected chi connectivity index (χ2v) is 32.2. The summed E-state index contributed by atoms with van der Waals surface area (Å²) in [5.41, 5.74) is 0. The molecule has 6 atom stereocenters. The minimum atomic E-state index is -4.96. The number of hydrogen-bond acceptors (Lipinski definition) is 15. The lowest BCUT2D eigenvalue weighted by atomic mass is 9.99. The Morgan fingerprint density at radius 1 is 0.299 bits per heavy atom. The van der Waals surface area contributed by atoms with Crippen molar-refractivity contribution in [3.63, 3.8) is 0 Å². The molecule has 0 aromatic carbocycles. The summed E-state index contributed by atoms with van der Waals surface area (Å²) >= 11 is 0. The molecule has 576 valence electrons. The highest BCUT2D eigenvalue weighted by Gasteiger charge is 2.30. The van der Waals surface area contributed by atoms with Crippen LogP contribution in [0.4, 0.5) is 0 Å². The molecule has 0 amide bonds. The molecule has 19 heteroatoms. The first-order chi connectivity index (χ1) is 46.8. The van der Waals surface area contributed by atoms with Gasteiger partial charge in [-0.05, 0) is 43.4 Å². The zero-order valence-electron chi connectivity index (χ0n) is 63.5. The number of carbonyl (C=O) groups excluding carboxylic acids is 4. The monoisotopic (exact) mass is 1420 g/mol. The van der Waals surface area contributed by atoms with Crippen molar-refractivity contribution in [3.8, 4) is 0 Å². The molecule has 0 aliphatic rings. The third kappa shape index (κ3) is 70.9. The van der Waals surface area contributed by atoms with E-state index in [1.54, 1.807) is 0 Å². The molecular weight excluding hydrogens is 1270 g/mol. The second-order valence-electron chi connectivity index (χ2n) is 29.3. The Balaban J connectivity index is 5.26. The van der Waals surface area contributed by atoms with Crippen LogP contribution in [-0.4, -0.2) is 96.7 Å². The molecule has 0 radical (unpaired) electrons. The van der Waals surface area contributed by atoms with Crippen LogP contribution in [0.15, 0.2) is 0 Å². The molecule has 97 heavy (non-hydrogen) atoms. The highest BCUT2D eigenvalue weighted by atomic mass is 31.2. The first-order valence-corrected chi connectivity index (χ1v) is 43.4. The quantitative estimate of drug-likeness (QED) is 0.0222. The largest absolute Gasteiger partial charge is 0.472 e. The van der Waals surface area contributed by atoms with Gasteiger partial charge >= 0.3 is 39.5 Å². The van der Waals surface area contributed by atoms with Crippen LogP contribution in [0, 0.1) is 17.8 Å². The topological polar surface area (TPSA) is 237 Å². The molecule has 0 rings (SSSR count). The Hall–Kier alpha value is -1.94. The summed E-state index contributed by atoms with van der Waals surface area (Å²) in [4.78, 5) is 72.9. The molecule has 0 spiro atoms. The summed E-state index contributed by atoms with van der Waals surface area (Å²) in [5, 5.41) is 10.6. The minimum absolute atomic E-state index is 0.107. The maximum Gasteiger partial charge on any atom is 0.472 e. The Morgan fingerprint density at radius 2 is 0.526 bits per heavy atom. The van der Waals surface area contributed by atoms with Gasteiger partial charge in [-0.1, -0.05) is 350 Å². The zero-order valence-corrected chi connectivity index (χ0v) is 65.3. The molecule has 0 aromatic heterocycles. The van der Waals surface area contributed by atoms with Crippen LogP contribution >= 0.6 is 15.6 Å². The Labute approximate surface area is 594 Å². The molecular formula is C78H152O17P2. The standard InChI is InChI=1S/C78H152O17P2/c1-8-10-11-12-13-14-15-16-20-25-31-40-47-54-61-77(82)95-74(66-89-76(81)60-53-46-39-34-33-36-43-50-57-70(5)6)68-93-97(86,87)91-64-72(79)63-90-96(84,85)92-67-73(65-88-75(80)59-52-45-38-30-27-22-23-28-35-42-49-56-69(3)4)94-78(83)62-55-48-41-32-26-21-18-17-19-24-29-37-44-51-58-71(7)9-2/h69-74,79H,8-68H2,1-7H3,(H,84,85)(H,86,87)/t71?,72-,73-,74-/m1/s1. The lowest BCUT2D eigenvalue weighted by molar-refractivity contribution is -0.161. The number of unbranched alkanes of at least 4 members (excludes halogenated alkanes) is 43. The molecule has 17 nitrogen and oxygen atoms in total. The van der Waals surface area contributed by atoms with Crippen molar-refractivity contribution in [2.45, 2.75) is 420 Å². The first-order valence-electron chi connectivity index (χ1n) is 40.4. The SMILES string of the molecule is CCCCCCCCCCCCCCCCC(=O)O[C@H](COC(=O)CCCCCCCCCCC(C)C)COP(=O)(O)OC[C@H](O)COP(=O)(O)OC[C@@H](COC(=O)CCCCCCCCCCCCCC(C)C)OC(=O)CCCCCCCCCCCCCCCCC(C)CC. The normalized spacial score (nSPS) is 14.3. The molecule has 0 fully saturated rings. The molecule has 0 aromatic rings. The van der Waals surface area contributed by atoms with Crippen LogP contribution in [0.2, 0.25) is 0 Å². The molecule has 0 bridgehead atoms. The molecule has 0 aliphatic carbocycles. The smallest absolute Gasteiger partial charge is 0.462 e. The zero-order chi connectivity index (χ0) is 71.6. The highest BCUT2D eigenvalue weighted by Crippen LogP contribution is 2.45. The summed E-state index contributed by atoms with van der Waals surface area (Å²) < 4.78 is 68.6. The fraction of sp³-hybridized carbons (Fsp3) is 0.949. The third-order valence-electron chi connectivity index (χ3n) is 18.5. The lowest BCUT2D eigenvalue weighted by Crippen LogP contribution is -2.30. The van der Waals surface area contributed by atoms with Gasteiger partial charge in [-0.15, -0.1) is 0 Å². The third-order valence-corrected chi connectivity index (χ3v) is 20.4. The summed E-state index contributed by atoms with van der Waals surface area (Å²) in [6.45, 7) is 11.9. The number of aliphatic hydroxyl groups is 1. The molecule has 3 unspecified atom stereocenters. The van der Waals surface area contributed by atoms with Crippen LogP contribution < -0.4 is 0 Å². The fourth-order valence-corrected chi connectivity index (χ4v) is 13.5. The van der Waals surface area contributed by atoms with Gasteiger partial charge in [-0.3, -0.25) is 37.3 Å². The number of hydrogen-bond donors (Lipinski definition) is 3. The Morgan fingerprint density at radius 3 is 0.784 bits per heavy atom. The van der Waals surface area contributed by atoms with Crippen LogP contribution in [0.5, 0.6) is 0 Å². The number of phosphoric ester groups is 2. The fourth-order valence-electron chi connectivity index (χ4n) is 11.9. The van der Waals surface area contributed by atoms with Gasteiger partial charge in [0.05, 0.1) is 26.4 Å². The van der Waals surface area contributed by atoms with Gasteiger partial charge in [0.1, 0.15) is 19.3 Å². The van der Waals surface area contributed by atoms with E-state index in [-0.39, 0.29) is 25.7 Å². The molecule has 0 saturated heterocycles. The predicted octanol–water partition coefficient (Wildman–Crippen LogP) is 23.0. The predicted molar refractivity (Wildman–Crippen MR) is 395 cm³/mol. The molecule has 0 heterocycles. The van der Waals surface area contributed by atoms with E-state index in [0.717, 1.165) is 108 Å². The van der Waals surface area contributed by atoms with E-state index in [0.29, 0.717) is 25.7 Å². The van der Waals surface area contributed by atoms with Crippen molar-refractivity contribution < 1.29 is 80.2 Å². The van der Waals surface area contributed by atoms with Gasteiger partial charge in [0, 0.05) is 25.7 Å². The van der Waals surface area contributed by atoms with E-state index < -0.39 is 97.5 Å². The first kappa shape index (κ1) is 95.1. The number of phosphoric acid groups is 2. The van der Waals surface area contributed by atoms with Crippen LogP contribution in [0.3, 0.4) is 0 Å². The van der Waals surface area contributed by atoms with Gasteiger partial charge in [-0.25, -0.2) is 9.13 Å². The summed E-state index contributed by atoms with van der Waals surface area (Å²) in [6.07, 6.45) is 55.3. The van der Waals surface area contributed by atoms with E-state index in [9.17, 15) is 43.2 Å². The minimum Gasteiger partial charge on any atom is -0.462 e. The highest BCUT2D eigenvalue weighted by molar-refractivity contribution is 7.47. The van der Waals surface area contributed by atoms with Crippen molar-refractivity contribution in [2.75, 3.05) is 39.6 Å². The van der Waals surface area contributed by atoms with Crippen LogP contribution in [-0.2, 0) is 65.4 Å². The number of aliphatic hydroxyl groups excluding tert-OH is 1. The van der Waals surface area contributed by atoms with E-state index in [4.69, 9.17) is 37.0 Å². The maximum atomic E-state index is 13.1. The lowest BCUT2D eigenvalue weighted by Gasteiger charge is -2.21. The number of rotatable bonds is 76. The van der Waals surface area contributed by atoms with Gasteiger partial charge < -0.3 is 33.8 Å². The van der Waals surface area contributed by atoms with E-state index in [2.05, 4.69) is 48.5 Å². The van der Waals surface area contributed by atoms with Gasteiger partial charge in [0.2, 0.25) is 0 Å². The summed E-state index contributed by atoms with van der Waals surface area (Å²) in [5.74, 6) is 0.230. The number of ether oxygens (including phenoxy) is 4. The van der Waals surface area contributed by atoms with E-state index >= 15 is 0 Å². The molecule has 0 saturated carbocycles. The van der Waals surface area contributed by atoms with Gasteiger partial charge in [-0.2, -0.15) is 0 Å². The van der Waals surface area contributed by atoms with Crippen molar-refractivity contribution in [1.29, 1.82) is 0 Å². The maximum absolute atomic E-state index is 13.1. The van der Waals surface area contributed by atoms with Crippen molar-refractivity contribution in [1.82, 2.24) is 0 Å². The second kappa shape index (κ2) is 68.5. The van der Waals surface area contributed by atoms with Crippen LogP contribution in [0.1, 0.15) is 402 Å². The van der Waals surface area contributed by atoms with Crippen molar-refractivity contribution in [3.05, 3.63) is 0 Å². The Kier molecular flexibility index (Phi) is 67.1. The van der Waals surface area contributed by atoms with Gasteiger partial charge in [0.15, 0.2) is 12.2 Å². The number of carbonyl (C=O) groups is 4. The average Bonchev–Trinajstić information content (AvgIpc) is 1.40. The Bertz CT molecular complexity index is 1890. The average molecular weight is 1420 g/mol. The summed E-state index contributed by atoms with van der Waals surface area (Å²) in [7, 11) is -9.92.